The number of aromatic nitrogens is 1. The molecule has 8 heteroatoms. The fourth-order valence-corrected chi connectivity index (χ4v) is 4.76. The van der Waals surface area contributed by atoms with E-state index in [2.05, 4.69) is 15.0 Å². The van der Waals surface area contributed by atoms with Gasteiger partial charge in [0.15, 0.2) is 5.13 Å². The number of hydrogen-bond acceptors (Lipinski definition) is 5. The highest BCUT2D eigenvalue weighted by Gasteiger charge is 2.17. The molecule has 0 aliphatic rings. The molecule has 6 nitrogen and oxygen atoms in total. The van der Waals surface area contributed by atoms with Crippen molar-refractivity contribution in [1.29, 1.82) is 0 Å². The van der Waals surface area contributed by atoms with Crippen molar-refractivity contribution >= 4 is 48.3 Å². The average Bonchev–Trinajstić information content (AvgIpc) is 2.95. The zero-order valence-corrected chi connectivity index (χ0v) is 16.3. The SMILES string of the molecule is CCC(=O)Nc1nc2ccc(NS(=O)(=O)c3ccc(C)cc3C)cc2s1. The van der Waals surface area contributed by atoms with Crippen LogP contribution in [-0.4, -0.2) is 19.3 Å². The van der Waals surface area contributed by atoms with Gasteiger partial charge in [0.25, 0.3) is 10.0 Å². The molecule has 0 fully saturated rings. The quantitative estimate of drug-likeness (QED) is 0.689. The Hall–Kier alpha value is -2.45. The topological polar surface area (TPSA) is 88.2 Å². The van der Waals surface area contributed by atoms with Gasteiger partial charge in [-0.05, 0) is 43.7 Å². The van der Waals surface area contributed by atoms with Crippen LogP contribution in [0.1, 0.15) is 24.5 Å². The van der Waals surface area contributed by atoms with Crippen molar-refractivity contribution in [2.24, 2.45) is 0 Å². The highest BCUT2D eigenvalue weighted by molar-refractivity contribution is 7.92. The van der Waals surface area contributed by atoms with Crippen molar-refractivity contribution in [2.75, 3.05) is 10.0 Å². The van der Waals surface area contributed by atoms with Gasteiger partial charge in [0.05, 0.1) is 20.8 Å². The number of nitrogens with zero attached hydrogens (tertiary/aromatic N) is 1. The number of sulfonamides is 1. The van der Waals surface area contributed by atoms with E-state index in [1.807, 2.05) is 13.0 Å². The highest BCUT2D eigenvalue weighted by Crippen LogP contribution is 2.29. The Morgan fingerprint density at radius 3 is 2.62 bits per heavy atom. The van der Waals surface area contributed by atoms with E-state index in [1.54, 1.807) is 44.2 Å². The number of amides is 1. The predicted molar refractivity (Wildman–Crippen MR) is 105 cm³/mol. The second-order valence-corrected chi connectivity index (χ2v) is 8.66. The lowest BCUT2D eigenvalue weighted by Crippen LogP contribution is -2.14. The van der Waals surface area contributed by atoms with Crippen molar-refractivity contribution in [2.45, 2.75) is 32.1 Å². The van der Waals surface area contributed by atoms with E-state index in [0.29, 0.717) is 28.3 Å². The molecule has 3 aromatic rings. The molecule has 0 radical (unpaired) electrons. The molecule has 26 heavy (non-hydrogen) atoms. The summed E-state index contributed by atoms with van der Waals surface area (Å²) in [6.07, 6.45) is 0.372. The van der Waals surface area contributed by atoms with Gasteiger partial charge in [-0.2, -0.15) is 0 Å². The van der Waals surface area contributed by atoms with Gasteiger partial charge < -0.3 is 5.32 Å². The number of benzene rings is 2. The molecule has 0 saturated heterocycles. The van der Waals surface area contributed by atoms with Crippen LogP contribution in [0.25, 0.3) is 10.2 Å². The number of hydrogen-bond donors (Lipinski definition) is 2. The summed E-state index contributed by atoms with van der Waals surface area (Å²) in [5.74, 6) is -0.111. The Labute approximate surface area is 156 Å². The maximum Gasteiger partial charge on any atom is 0.262 e. The third-order valence-electron chi connectivity index (χ3n) is 3.83. The fourth-order valence-electron chi connectivity index (χ4n) is 2.56. The van der Waals surface area contributed by atoms with Crippen molar-refractivity contribution in [1.82, 2.24) is 4.98 Å². The van der Waals surface area contributed by atoms with Crippen LogP contribution in [0, 0.1) is 13.8 Å². The van der Waals surface area contributed by atoms with E-state index < -0.39 is 10.0 Å². The summed E-state index contributed by atoms with van der Waals surface area (Å²) in [7, 11) is -3.68. The number of carbonyl (C=O) groups excluding carboxylic acids is 1. The molecule has 1 aromatic heterocycles. The number of nitrogens with one attached hydrogen (secondary N) is 2. The van der Waals surface area contributed by atoms with Crippen LogP contribution >= 0.6 is 11.3 Å². The minimum Gasteiger partial charge on any atom is -0.302 e. The van der Waals surface area contributed by atoms with E-state index in [1.165, 1.54) is 11.3 Å². The van der Waals surface area contributed by atoms with Crippen LogP contribution in [0.15, 0.2) is 41.3 Å². The number of aryl methyl sites for hydroxylation is 2. The Morgan fingerprint density at radius 1 is 1.15 bits per heavy atom. The number of thiazole rings is 1. The van der Waals surface area contributed by atoms with Gasteiger partial charge >= 0.3 is 0 Å². The molecule has 136 valence electrons. The Kier molecular flexibility index (Phi) is 4.97. The van der Waals surface area contributed by atoms with Crippen molar-refractivity contribution in [3.05, 3.63) is 47.5 Å². The van der Waals surface area contributed by atoms with Gasteiger partial charge in [0.1, 0.15) is 0 Å². The molecular formula is C18H19N3O3S2. The summed E-state index contributed by atoms with van der Waals surface area (Å²) in [4.78, 5) is 16.1. The maximum absolute atomic E-state index is 12.7. The van der Waals surface area contributed by atoms with Gasteiger partial charge in [0.2, 0.25) is 5.91 Å². The minimum absolute atomic E-state index is 0.111. The second kappa shape index (κ2) is 7.05. The normalized spacial score (nSPS) is 11.5. The standard InChI is InChI=1S/C18H19N3O3S2/c1-4-17(22)20-18-19-14-7-6-13(10-15(14)25-18)21-26(23,24)16-8-5-11(2)9-12(16)3/h5-10,21H,4H2,1-3H3,(H,19,20,22). The molecule has 0 atom stereocenters. The molecular weight excluding hydrogens is 370 g/mol. The van der Waals surface area contributed by atoms with Gasteiger partial charge in [-0.15, -0.1) is 0 Å². The largest absolute Gasteiger partial charge is 0.302 e. The number of anilines is 2. The molecule has 0 unspecified atom stereocenters. The summed E-state index contributed by atoms with van der Waals surface area (Å²) in [6, 6.07) is 10.3. The third-order valence-corrected chi connectivity index (χ3v) is 6.30. The highest BCUT2D eigenvalue weighted by atomic mass is 32.2. The van der Waals surface area contributed by atoms with Crippen molar-refractivity contribution in [3.8, 4) is 0 Å². The molecule has 3 rings (SSSR count). The Bertz CT molecular complexity index is 1090. The first kappa shape index (κ1) is 18.3. The number of fused-ring (bicyclic) bond motifs is 1. The maximum atomic E-state index is 12.7. The second-order valence-electron chi connectivity index (χ2n) is 5.98. The first-order valence-electron chi connectivity index (χ1n) is 8.09. The lowest BCUT2D eigenvalue weighted by atomic mass is 10.2. The smallest absolute Gasteiger partial charge is 0.262 e. The van der Waals surface area contributed by atoms with E-state index in [4.69, 9.17) is 0 Å². The Balaban J connectivity index is 1.89. The van der Waals surface area contributed by atoms with E-state index in [0.717, 1.165) is 10.3 Å². The zero-order valence-electron chi connectivity index (χ0n) is 14.7. The molecule has 0 spiro atoms. The first-order valence-corrected chi connectivity index (χ1v) is 10.4. The van der Waals surface area contributed by atoms with E-state index >= 15 is 0 Å². The predicted octanol–water partition coefficient (Wildman–Crippen LogP) is 4.06. The van der Waals surface area contributed by atoms with Crippen molar-refractivity contribution in [3.63, 3.8) is 0 Å². The van der Waals surface area contributed by atoms with Crippen LogP contribution in [0.4, 0.5) is 10.8 Å². The van der Waals surface area contributed by atoms with E-state index in [-0.39, 0.29) is 10.8 Å². The molecule has 2 N–H and O–H groups in total. The van der Waals surface area contributed by atoms with Gasteiger partial charge in [-0.3, -0.25) is 9.52 Å². The van der Waals surface area contributed by atoms with Crippen molar-refractivity contribution < 1.29 is 13.2 Å². The summed E-state index contributed by atoms with van der Waals surface area (Å²) in [6.45, 7) is 5.46. The van der Waals surface area contributed by atoms with Crippen LogP contribution < -0.4 is 10.0 Å². The number of rotatable bonds is 5. The minimum atomic E-state index is -3.68. The van der Waals surface area contributed by atoms with Gasteiger partial charge in [-0.25, -0.2) is 13.4 Å². The monoisotopic (exact) mass is 389 g/mol. The third kappa shape index (κ3) is 3.86. The number of carbonyl (C=O) groups is 1. The Morgan fingerprint density at radius 2 is 1.92 bits per heavy atom. The molecule has 1 heterocycles. The first-order chi connectivity index (χ1) is 12.3. The van der Waals surface area contributed by atoms with Crippen LogP contribution in [0.3, 0.4) is 0 Å². The zero-order chi connectivity index (χ0) is 18.9. The van der Waals surface area contributed by atoms with Crippen LogP contribution in [0.5, 0.6) is 0 Å². The summed E-state index contributed by atoms with van der Waals surface area (Å²) >= 11 is 1.30. The average molecular weight is 390 g/mol. The van der Waals surface area contributed by atoms with Crippen LogP contribution in [-0.2, 0) is 14.8 Å². The molecule has 0 aliphatic heterocycles. The lowest BCUT2D eigenvalue weighted by Gasteiger charge is -2.11. The molecule has 0 aliphatic carbocycles. The molecule has 0 saturated carbocycles. The van der Waals surface area contributed by atoms with Gasteiger partial charge in [0, 0.05) is 6.42 Å². The molecule has 0 bridgehead atoms. The lowest BCUT2D eigenvalue weighted by molar-refractivity contribution is -0.115. The summed E-state index contributed by atoms with van der Waals surface area (Å²) in [5, 5.41) is 3.22. The fraction of sp³-hybridized carbons (Fsp3) is 0.222. The van der Waals surface area contributed by atoms with E-state index in [9.17, 15) is 13.2 Å². The molecule has 1 amide bonds. The summed E-state index contributed by atoms with van der Waals surface area (Å²) < 4.78 is 28.8. The molecule has 2 aromatic carbocycles. The van der Waals surface area contributed by atoms with Gasteiger partial charge in [-0.1, -0.05) is 36.0 Å². The van der Waals surface area contributed by atoms with Crippen LogP contribution in [0.2, 0.25) is 0 Å². The summed E-state index contributed by atoms with van der Waals surface area (Å²) in [5.41, 5.74) is 2.86.